The molecule has 17 heavy (non-hydrogen) atoms. The SMILES string of the molecule is Cc1ncc(C(CN)N2CC3CC2CO3)cn1. The molecule has 2 aliphatic heterocycles. The summed E-state index contributed by atoms with van der Waals surface area (Å²) in [5.41, 5.74) is 7.03. The summed E-state index contributed by atoms with van der Waals surface area (Å²) in [5, 5.41) is 0. The van der Waals surface area contributed by atoms with Crippen LogP contribution in [0.5, 0.6) is 0 Å². The molecule has 92 valence electrons. The van der Waals surface area contributed by atoms with E-state index in [-0.39, 0.29) is 6.04 Å². The molecule has 2 bridgehead atoms. The number of fused-ring (bicyclic) bond motifs is 2. The Morgan fingerprint density at radius 1 is 1.53 bits per heavy atom. The number of aryl methyl sites for hydroxylation is 1. The van der Waals surface area contributed by atoms with E-state index in [1.807, 2.05) is 19.3 Å². The molecule has 2 saturated heterocycles. The van der Waals surface area contributed by atoms with Crippen molar-refractivity contribution in [3.63, 3.8) is 0 Å². The van der Waals surface area contributed by atoms with E-state index in [1.54, 1.807) is 0 Å². The first kappa shape index (κ1) is 11.1. The fraction of sp³-hybridized carbons (Fsp3) is 0.667. The average molecular weight is 234 g/mol. The van der Waals surface area contributed by atoms with Gasteiger partial charge in [0.1, 0.15) is 5.82 Å². The highest BCUT2D eigenvalue weighted by Gasteiger charge is 2.42. The molecule has 0 aliphatic carbocycles. The van der Waals surface area contributed by atoms with Crippen LogP contribution in [0.3, 0.4) is 0 Å². The maximum absolute atomic E-state index is 5.92. The van der Waals surface area contributed by atoms with Gasteiger partial charge in [0.05, 0.1) is 18.8 Å². The fourth-order valence-corrected chi connectivity index (χ4v) is 2.85. The first-order valence-electron chi connectivity index (χ1n) is 6.14. The summed E-state index contributed by atoms with van der Waals surface area (Å²) in [6, 6.07) is 0.754. The van der Waals surface area contributed by atoms with Gasteiger partial charge in [-0.15, -0.1) is 0 Å². The number of hydrogen-bond acceptors (Lipinski definition) is 5. The zero-order chi connectivity index (χ0) is 11.8. The van der Waals surface area contributed by atoms with Crippen LogP contribution in [0.4, 0.5) is 0 Å². The predicted octanol–water partition coefficient (Wildman–Crippen LogP) is 0.258. The Labute approximate surface area is 101 Å². The predicted molar refractivity (Wildman–Crippen MR) is 63.4 cm³/mol. The first-order valence-corrected chi connectivity index (χ1v) is 6.14. The summed E-state index contributed by atoms with van der Waals surface area (Å²) in [6.07, 6.45) is 5.34. The number of ether oxygens (including phenoxy) is 1. The van der Waals surface area contributed by atoms with Gasteiger partial charge in [-0.05, 0) is 13.3 Å². The Balaban J connectivity index is 1.81. The third-order valence-corrected chi connectivity index (χ3v) is 3.75. The minimum absolute atomic E-state index is 0.231. The quantitative estimate of drug-likeness (QED) is 0.812. The molecule has 1 aromatic rings. The first-order chi connectivity index (χ1) is 8.28. The summed E-state index contributed by atoms with van der Waals surface area (Å²) in [5.74, 6) is 0.802. The molecule has 5 heteroatoms. The lowest BCUT2D eigenvalue weighted by molar-refractivity contribution is 0.0123. The molecule has 2 fully saturated rings. The summed E-state index contributed by atoms with van der Waals surface area (Å²) in [4.78, 5) is 11.0. The Kier molecular flexibility index (Phi) is 2.82. The number of nitrogens with two attached hydrogens (primary N) is 1. The number of aromatic nitrogens is 2. The van der Waals surface area contributed by atoms with Crippen LogP contribution < -0.4 is 5.73 Å². The van der Waals surface area contributed by atoms with Crippen molar-refractivity contribution in [3.8, 4) is 0 Å². The van der Waals surface area contributed by atoms with Gasteiger partial charge in [-0.25, -0.2) is 9.97 Å². The van der Waals surface area contributed by atoms with Crippen molar-refractivity contribution in [1.82, 2.24) is 14.9 Å². The zero-order valence-electron chi connectivity index (χ0n) is 10.0. The smallest absolute Gasteiger partial charge is 0.125 e. The Morgan fingerprint density at radius 2 is 2.29 bits per heavy atom. The highest BCUT2D eigenvalue weighted by Crippen LogP contribution is 2.34. The van der Waals surface area contributed by atoms with Gasteiger partial charge in [0.15, 0.2) is 0 Å². The molecule has 5 nitrogen and oxygen atoms in total. The summed E-state index contributed by atoms with van der Waals surface area (Å²) >= 11 is 0. The molecule has 2 N–H and O–H groups in total. The van der Waals surface area contributed by atoms with E-state index in [0.29, 0.717) is 18.7 Å². The lowest BCUT2D eigenvalue weighted by Crippen LogP contribution is -2.42. The van der Waals surface area contributed by atoms with Crippen LogP contribution in [0.15, 0.2) is 12.4 Å². The number of nitrogens with zero attached hydrogens (tertiary/aromatic N) is 3. The largest absolute Gasteiger partial charge is 0.375 e. The van der Waals surface area contributed by atoms with E-state index < -0.39 is 0 Å². The van der Waals surface area contributed by atoms with Crippen molar-refractivity contribution in [2.24, 2.45) is 5.73 Å². The van der Waals surface area contributed by atoms with Gasteiger partial charge in [-0.1, -0.05) is 0 Å². The van der Waals surface area contributed by atoms with Crippen molar-refractivity contribution in [3.05, 3.63) is 23.8 Å². The molecule has 3 rings (SSSR count). The molecule has 0 spiro atoms. The van der Waals surface area contributed by atoms with Crippen LogP contribution in [0.25, 0.3) is 0 Å². The van der Waals surface area contributed by atoms with Crippen LogP contribution in [0, 0.1) is 6.92 Å². The maximum atomic E-state index is 5.92. The van der Waals surface area contributed by atoms with E-state index in [4.69, 9.17) is 10.5 Å². The summed E-state index contributed by atoms with van der Waals surface area (Å²) < 4.78 is 5.62. The monoisotopic (exact) mass is 234 g/mol. The van der Waals surface area contributed by atoms with Gasteiger partial charge >= 0.3 is 0 Å². The second kappa shape index (κ2) is 4.33. The number of likely N-dealkylation sites (tertiary alicyclic amines) is 1. The zero-order valence-corrected chi connectivity index (χ0v) is 10.0. The molecular formula is C12H18N4O. The Bertz CT molecular complexity index is 394. The lowest BCUT2D eigenvalue weighted by atomic mass is 10.1. The highest BCUT2D eigenvalue weighted by molar-refractivity contribution is 5.14. The van der Waals surface area contributed by atoms with E-state index in [1.165, 1.54) is 0 Å². The number of morpholine rings is 1. The van der Waals surface area contributed by atoms with E-state index in [2.05, 4.69) is 14.9 Å². The number of hydrogen-bond donors (Lipinski definition) is 1. The minimum Gasteiger partial charge on any atom is -0.375 e. The number of rotatable bonds is 3. The third kappa shape index (κ3) is 1.94. The van der Waals surface area contributed by atoms with Gasteiger partial charge < -0.3 is 10.5 Å². The molecule has 3 atom stereocenters. The molecule has 2 aliphatic rings. The van der Waals surface area contributed by atoms with Gasteiger partial charge in [0, 0.05) is 37.1 Å². The Morgan fingerprint density at radius 3 is 2.82 bits per heavy atom. The molecule has 0 radical (unpaired) electrons. The average Bonchev–Trinajstić information content (AvgIpc) is 2.95. The molecule has 1 aromatic heterocycles. The molecule has 0 saturated carbocycles. The van der Waals surface area contributed by atoms with E-state index >= 15 is 0 Å². The normalized spacial score (nSPS) is 29.8. The lowest BCUT2D eigenvalue weighted by Gasteiger charge is -2.33. The second-order valence-electron chi connectivity index (χ2n) is 4.86. The third-order valence-electron chi connectivity index (χ3n) is 3.75. The van der Waals surface area contributed by atoms with Crippen LogP contribution in [0.1, 0.15) is 23.9 Å². The van der Waals surface area contributed by atoms with Crippen molar-refractivity contribution >= 4 is 0 Å². The molecule has 0 aromatic carbocycles. The van der Waals surface area contributed by atoms with Gasteiger partial charge in [-0.2, -0.15) is 0 Å². The molecule has 3 heterocycles. The van der Waals surface area contributed by atoms with Crippen LogP contribution in [0.2, 0.25) is 0 Å². The van der Waals surface area contributed by atoms with Gasteiger partial charge in [0.2, 0.25) is 0 Å². The van der Waals surface area contributed by atoms with E-state index in [0.717, 1.165) is 31.0 Å². The highest BCUT2D eigenvalue weighted by atomic mass is 16.5. The standard InChI is InChI=1S/C12H18N4O/c1-8-14-4-9(5-15-8)12(3-13)16-6-11-2-10(16)7-17-11/h4-5,10-12H,2-3,6-7,13H2,1H3. The Hall–Kier alpha value is -1.04. The van der Waals surface area contributed by atoms with Gasteiger partial charge in [0.25, 0.3) is 0 Å². The fourth-order valence-electron chi connectivity index (χ4n) is 2.85. The van der Waals surface area contributed by atoms with Crippen LogP contribution in [-0.2, 0) is 4.74 Å². The minimum atomic E-state index is 0.231. The summed E-state index contributed by atoms with van der Waals surface area (Å²) in [6.45, 7) is 4.33. The van der Waals surface area contributed by atoms with Crippen molar-refractivity contribution < 1.29 is 4.74 Å². The van der Waals surface area contributed by atoms with Crippen molar-refractivity contribution in [2.75, 3.05) is 19.7 Å². The van der Waals surface area contributed by atoms with Crippen LogP contribution in [-0.4, -0.2) is 46.7 Å². The second-order valence-corrected chi connectivity index (χ2v) is 4.86. The topological polar surface area (TPSA) is 64.3 Å². The van der Waals surface area contributed by atoms with Crippen molar-refractivity contribution in [1.29, 1.82) is 0 Å². The molecule has 0 amide bonds. The van der Waals surface area contributed by atoms with E-state index in [9.17, 15) is 0 Å². The van der Waals surface area contributed by atoms with Crippen LogP contribution >= 0.6 is 0 Å². The molecular weight excluding hydrogens is 216 g/mol. The van der Waals surface area contributed by atoms with Crippen molar-refractivity contribution in [2.45, 2.75) is 31.5 Å². The maximum Gasteiger partial charge on any atom is 0.125 e. The molecule has 3 unspecified atom stereocenters. The van der Waals surface area contributed by atoms with Gasteiger partial charge in [-0.3, -0.25) is 4.90 Å². The summed E-state index contributed by atoms with van der Waals surface area (Å²) in [7, 11) is 0.